The fraction of sp³-hybridized carbons (Fsp3) is 0.500. The molecule has 0 heterocycles. The molecule has 0 unspecified atom stereocenters. The molecule has 0 aromatic rings. The van der Waals surface area contributed by atoms with Crippen LogP contribution in [0.5, 0.6) is 0 Å². The summed E-state index contributed by atoms with van der Waals surface area (Å²) in [4.78, 5) is 22.4. The van der Waals surface area contributed by atoms with Crippen molar-refractivity contribution in [2.75, 3.05) is 7.11 Å². The van der Waals surface area contributed by atoms with E-state index >= 15 is 0 Å². The van der Waals surface area contributed by atoms with Gasteiger partial charge in [0.2, 0.25) is 5.78 Å². The zero-order chi connectivity index (χ0) is 8.65. The molecule has 1 aliphatic carbocycles. The Kier molecular flexibility index (Phi) is 1.59. The predicted molar refractivity (Wildman–Crippen MR) is 38.9 cm³/mol. The normalized spacial score (nSPS) is 21.9. The van der Waals surface area contributed by atoms with E-state index in [1.54, 1.807) is 13.8 Å². The molecule has 1 aliphatic rings. The van der Waals surface area contributed by atoms with Gasteiger partial charge in [-0.25, -0.2) is 0 Å². The lowest BCUT2D eigenvalue weighted by Gasteiger charge is -2.12. The van der Waals surface area contributed by atoms with Crippen LogP contribution in [0.15, 0.2) is 11.8 Å². The van der Waals surface area contributed by atoms with Crippen LogP contribution in [-0.2, 0) is 14.3 Å². The fourth-order valence-electron chi connectivity index (χ4n) is 0.937. The summed E-state index contributed by atoms with van der Waals surface area (Å²) in [6.07, 6.45) is 1.25. The summed E-state index contributed by atoms with van der Waals surface area (Å²) in [7, 11) is 1.39. The SMILES string of the molecule is COC1=CC(=O)C(C)(C)C1=O. The minimum Gasteiger partial charge on any atom is -0.493 e. The highest BCUT2D eigenvalue weighted by molar-refractivity contribution is 6.23. The molecule has 11 heavy (non-hydrogen) atoms. The average molecular weight is 154 g/mol. The molecule has 0 radical (unpaired) electrons. The van der Waals surface area contributed by atoms with Crippen LogP contribution in [0.25, 0.3) is 0 Å². The molecule has 0 bridgehead atoms. The van der Waals surface area contributed by atoms with Gasteiger partial charge in [0.1, 0.15) is 0 Å². The number of hydrogen-bond donors (Lipinski definition) is 0. The summed E-state index contributed by atoms with van der Waals surface area (Å²) in [6, 6.07) is 0. The largest absolute Gasteiger partial charge is 0.493 e. The number of hydrogen-bond acceptors (Lipinski definition) is 3. The van der Waals surface area contributed by atoms with Gasteiger partial charge >= 0.3 is 0 Å². The predicted octanol–water partition coefficient (Wildman–Crippen LogP) is 0.695. The Bertz CT molecular complexity index is 248. The van der Waals surface area contributed by atoms with Crippen molar-refractivity contribution < 1.29 is 14.3 Å². The van der Waals surface area contributed by atoms with Crippen LogP contribution >= 0.6 is 0 Å². The second kappa shape index (κ2) is 2.19. The summed E-state index contributed by atoms with van der Waals surface area (Å²) in [6.45, 7) is 3.19. The number of methoxy groups -OCH3 is 1. The first-order valence-electron chi connectivity index (χ1n) is 3.35. The Morgan fingerprint density at radius 1 is 1.36 bits per heavy atom. The number of ketones is 2. The minimum absolute atomic E-state index is 0.167. The van der Waals surface area contributed by atoms with Crippen molar-refractivity contribution in [3.8, 4) is 0 Å². The van der Waals surface area contributed by atoms with Crippen molar-refractivity contribution in [1.29, 1.82) is 0 Å². The van der Waals surface area contributed by atoms with Crippen molar-refractivity contribution in [3.05, 3.63) is 11.8 Å². The van der Waals surface area contributed by atoms with Gasteiger partial charge in [-0.3, -0.25) is 9.59 Å². The highest BCUT2D eigenvalue weighted by Gasteiger charge is 2.43. The van der Waals surface area contributed by atoms with Gasteiger partial charge in [0.15, 0.2) is 11.5 Å². The average Bonchev–Trinajstić information content (AvgIpc) is 2.14. The molecule has 3 heteroatoms. The van der Waals surface area contributed by atoms with Crippen LogP contribution in [0.1, 0.15) is 13.8 Å². The molecule has 0 fully saturated rings. The molecule has 0 spiro atoms. The van der Waals surface area contributed by atoms with E-state index < -0.39 is 5.41 Å². The van der Waals surface area contributed by atoms with Gasteiger partial charge < -0.3 is 4.74 Å². The lowest BCUT2D eigenvalue weighted by Crippen LogP contribution is -2.27. The van der Waals surface area contributed by atoms with Gasteiger partial charge in [-0.15, -0.1) is 0 Å². The molecule has 0 atom stereocenters. The van der Waals surface area contributed by atoms with Gasteiger partial charge in [-0.05, 0) is 13.8 Å². The molecule has 3 nitrogen and oxygen atoms in total. The zero-order valence-corrected chi connectivity index (χ0v) is 6.80. The van der Waals surface area contributed by atoms with E-state index in [4.69, 9.17) is 4.74 Å². The first kappa shape index (κ1) is 7.98. The molecule has 0 N–H and O–H groups in total. The Morgan fingerprint density at radius 2 is 1.91 bits per heavy atom. The Morgan fingerprint density at radius 3 is 2.09 bits per heavy atom. The lowest BCUT2D eigenvalue weighted by atomic mass is 9.88. The summed E-state index contributed by atoms with van der Waals surface area (Å²) < 4.78 is 4.72. The summed E-state index contributed by atoms with van der Waals surface area (Å²) in [5, 5.41) is 0. The molecular formula is C8H10O3. The topological polar surface area (TPSA) is 43.4 Å². The van der Waals surface area contributed by atoms with Crippen LogP contribution < -0.4 is 0 Å². The summed E-state index contributed by atoms with van der Waals surface area (Å²) in [5.41, 5.74) is -0.911. The minimum atomic E-state index is -0.911. The van der Waals surface area contributed by atoms with Crippen LogP contribution in [0.3, 0.4) is 0 Å². The lowest BCUT2D eigenvalue weighted by molar-refractivity contribution is -0.132. The van der Waals surface area contributed by atoms with Gasteiger partial charge in [-0.1, -0.05) is 0 Å². The molecule has 0 amide bonds. The van der Waals surface area contributed by atoms with Gasteiger partial charge in [0.25, 0.3) is 0 Å². The fourth-order valence-corrected chi connectivity index (χ4v) is 0.937. The van der Waals surface area contributed by atoms with E-state index in [-0.39, 0.29) is 17.3 Å². The molecular weight excluding hydrogens is 144 g/mol. The quantitative estimate of drug-likeness (QED) is 0.522. The molecule has 60 valence electrons. The number of carbonyl (C=O) groups excluding carboxylic acids is 2. The van der Waals surface area contributed by atoms with Crippen LogP contribution in [-0.4, -0.2) is 18.7 Å². The standard InChI is InChI=1S/C8H10O3/c1-8(2)6(9)4-5(11-3)7(8)10/h4H,1-3H3. The Balaban J connectivity index is 3.03. The van der Waals surface area contributed by atoms with Crippen LogP contribution in [0, 0.1) is 5.41 Å². The number of rotatable bonds is 1. The second-order valence-corrected chi connectivity index (χ2v) is 3.03. The zero-order valence-electron chi connectivity index (χ0n) is 6.80. The molecule has 0 aliphatic heterocycles. The van der Waals surface area contributed by atoms with E-state index in [0.29, 0.717) is 0 Å². The highest BCUT2D eigenvalue weighted by atomic mass is 16.5. The van der Waals surface area contributed by atoms with E-state index in [1.165, 1.54) is 13.2 Å². The Hall–Kier alpha value is -1.12. The van der Waals surface area contributed by atoms with E-state index in [9.17, 15) is 9.59 Å². The Labute approximate surface area is 65.0 Å². The number of allylic oxidation sites excluding steroid dienone is 2. The molecule has 0 aromatic carbocycles. The van der Waals surface area contributed by atoms with Gasteiger partial charge in [0.05, 0.1) is 12.5 Å². The third-order valence-electron chi connectivity index (χ3n) is 1.89. The second-order valence-electron chi connectivity index (χ2n) is 3.03. The van der Waals surface area contributed by atoms with Crippen molar-refractivity contribution >= 4 is 11.6 Å². The maximum Gasteiger partial charge on any atom is 0.210 e. The van der Waals surface area contributed by atoms with E-state index in [1.807, 2.05) is 0 Å². The van der Waals surface area contributed by atoms with Crippen LogP contribution in [0.4, 0.5) is 0 Å². The molecule has 0 saturated heterocycles. The van der Waals surface area contributed by atoms with Gasteiger partial charge in [-0.2, -0.15) is 0 Å². The molecule has 1 rings (SSSR count). The first-order chi connectivity index (χ1) is 5.00. The van der Waals surface area contributed by atoms with E-state index in [0.717, 1.165) is 0 Å². The van der Waals surface area contributed by atoms with Crippen LogP contribution in [0.2, 0.25) is 0 Å². The van der Waals surface area contributed by atoms with E-state index in [2.05, 4.69) is 0 Å². The number of ether oxygens (including phenoxy) is 1. The molecule has 0 saturated carbocycles. The van der Waals surface area contributed by atoms with Crippen molar-refractivity contribution in [2.45, 2.75) is 13.8 Å². The van der Waals surface area contributed by atoms with Crippen molar-refractivity contribution in [3.63, 3.8) is 0 Å². The number of carbonyl (C=O) groups is 2. The first-order valence-corrected chi connectivity index (χ1v) is 3.35. The highest BCUT2D eigenvalue weighted by Crippen LogP contribution is 2.29. The van der Waals surface area contributed by atoms with Crippen molar-refractivity contribution in [1.82, 2.24) is 0 Å². The van der Waals surface area contributed by atoms with Gasteiger partial charge in [0, 0.05) is 6.08 Å². The third-order valence-corrected chi connectivity index (χ3v) is 1.89. The maximum atomic E-state index is 11.3. The summed E-state index contributed by atoms with van der Waals surface area (Å²) in [5.74, 6) is -0.246. The van der Waals surface area contributed by atoms with Crippen molar-refractivity contribution in [2.24, 2.45) is 5.41 Å². The monoisotopic (exact) mass is 154 g/mol. The number of Topliss-reactive ketones (excluding diaryl/α,β-unsaturated/α-hetero) is 1. The maximum absolute atomic E-state index is 11.3. The molecule has 0 aromatic heterocycles. The smallest absolute Gasteiger partial charge is 0.210 e. The summed E-state index contributed by atoms with van der Waals surface area (Å²) >= 11 is 0. The third kappa shape index (κ3) is 0.964.